The van der Waals surface area contributed by atoms with Crippen molar-refractivity contribution in [2.75, 3.05) is 0 Å². The van der Waals surface area contributed by atoms with Crippen molar-refractivity contribution in [1.82, 2.24) is 0 Å². The smallest absolute Gasteiger partial charge is 0.123 e. The van der Waals surface area contributed by atoms with Gasteiger partial charge in [-0.2, -0.15) is 0 Å². The van der Waals surface area contributed by atoms with Crippen molar-refractivity contribution in [1.29, 1.82) is 0 Å². The lowest BCUT2D eigenvalue weighted by molar-refractivity contribution is 0.306. The molecule has 0 aromatic heterocycles. The predicted molar refractivity (Wildman–Crippen MR) is 80.8 cm³/mol. The maximum absolute atomic E-state index is 13.2. The van der Waals surface area contributed by atoms with Gasteiger partial charge >= 0.3 is 0 Å². The second-order valence-electron chi connectivity index (χ2n) is 3.91. The third kappa shape index (κ3) is 3.75. The Morgan fingerprint density at radius 1 is 1.21 bits per heavy atom. The third-order valence-corrected chi connectivity index (χ3v) is 3.29. The molecule has 0 aliphatic carbocycles. The minimum atomic E-state index is -0.366. The van der Waals surface area contributed by atoms with Gasteiger partial charge in [0.15, 0.2) is 0 Å². The Hall–Kier alpha value is -1.46. The van der Waals surface area contributed by atoms with Gasteiger partial charge in [-0.3, -0.25) is 0 Å². The largest absolute Gasteiger partial charge is 0.489 e. The molecule has 2 N–H and O–H groups in total. The zero-order chi connectivity index (χ0) is 13.8. The molecule has 2 nitrogen and oxygen atoms in total. The van der Waals surface area contributed by atoms with Gasteiger partial charge < -0.3 is 10.5 Å². The number of nitrogens with two attached hydrogens (primary N) is 1. The molecule has 0 amide bonds. The summed E-state index contributed by atoms with van der Waals surface area (Å²) in [5.41, 5.74) is 6.84. The van der Waals surface area contributed by atoms with E-state index in [0.717, 1.165) is 15.8 Å². The molecule has 2 aromatic rings. The standard InChI is InChI=1S/C14H11BrFNOS/c15-10-2-5-12(6-3-10)18-8-9-1-4-11(16)7-13(9)14(17)19/h1-7H,8H2,(H2,17,19). The molecule has 5 heteroatoms. The van der Waals surface area contributed by atoms with Gasteiger partial charge in [-0.05, 0) is 42.0 Å². The molecule has 0 fully saturated rings. The fourth-order valence-electron chi connectivity index (χ4n) is 1.60. The molecule has 0 saturated carbocycles. The van der Waals surface area contributed by atoms with E-state index >= 15 is 0 Å². The zero-order valence-electron chi connectivity index (χ0n) is 9.90. The lowest BCUT2D eigenvalue weighted by Gasteiger charge is -2.10. The van der Waals surface area contributed by atoms with Gasteiger partial charge in [0.25, 0.3) is 0 Å². The van der Waals surface area contributed by atoms with E-state index in [9.17, 15) is 4.39 Å². The first-order valence-electron chi connectivity index (χ1n) is 5.53. The van der Waals surface area contributed by atoms with Crippen molar-refractivity contribution < 1.29 is 9.13 Å². The number of benzene rings is 2. The Labute approximate surface area is 124 Å². The van der Waals surface area contributed by atoms with E-state index in [2.05, 4.69) is 15.9 Å². The Bertz CT molecular complexity index is 601. The summed E-state index contributed by atoms with van der Waals surface area (Å²) in [6, 6.07) is 11.8. The lowest BCUT2D eigenvalue weighted by Crippen LogP contribution is -2.14. The molecule has 0 heterocycles. The van der Waals surface area contributed by atoms with Gasteiger partial charge in [0.2, 0.25) is 0 Å². The summed E-state index contributed by atoms with van der Waals surface area (Å²) in [5.74, 6) is 0.358. The first-order chi connectivity index (χ1) is 9.06. The fourth-order valence-corrected chi connectivity index (χ4v) is 2.05. The highest BCUT2D eigenvalue weighted by molar-refractivity contribution is 9.10. The molecule has 0 spiro atoms. The van der Waals surface area contributed by atoms with E-state index in [1.807, 2.05) is 24.3 Å². The molecule has 2 rings (SSSR count). The fraction of sp³-hybridized carbons (Fsp3) is 0.0714. The molecular formula is C14H11BrFNOS. The minimum Gasteiger partial charge on any atom is -0.489 e. The summed E-state index contributed by atoms with van der Waals surface area (Å²) in [6.45, 7) is 0.286. The van der Waals surface area contributed by atoms with Crippen molar-refractivity contribution in [2.45, 2.75) is 6.61 Å². The molecule has 0 unspecified atom stereocenters. The number of ether oxygens (including phenoxy) is 1. The Kier molecular flexibility index (Phi) is 4.50. The average molecular weight is 340 g/mol. The highest BCUT2D eigenvalue weighted by atomic mass is 79.9. The number of hydrogen-bond acceptors (Lipinski definition) is 2. The second kappa shape index (κ2) is 6.12. The van der Waals surface area contributed by atoms with Gasteiger partial charge in [-0.1, -0.05) is 34.2 Å². The van der Waals surface area contributed by atoms with Crippen molar-refractivity contribution in [3.05, 3.63) is 63.9 Å². The summed E-state index contributed by atoms with van der Waals surface area (Å²) >= 11 is 8.26. The van der Waals surface area contributed by atoms with Crippen LogP contribution in [0.5, 0.6) is 5.75 Å². The molecule has 98 valence electrons. The Morgan fingerprint density at radius 2 is 1.89 bits per heavy atom. The lowest BCUT2D eigenvalue weighted by atomic mass is 10.1. The van der Waals surface area contributed by atoms with E-state index < -0.39 is 0 Å². The molecule has 0 aliphatic rings. The number of thiocarbonyl (C=S) groups is 1. The number of hydrogen-bond donors (Lipinski definition) is 1. The predicted octanol–water partition coefficient (Wildman–Crippen LogP) is 3.80. The number of halogens is 2. The molecule has 0 atom stereocenters. The minimum absolute atomic E-state index is 0.161. The zero-order valence-corrected chi connectivity index (χ0v) is 12.3. The monoisotopic (exact) mass is 339 g/mol. The van der Waals surface area contributed by atoms with E-state index in [-0.39, 0.29) is 17.4 Å². The highest BCUT2D eigenvalue weighted by Crippen LogP contribution is 2.19. The van der Waals surface area contributed by atoms with Gasteiger partial charge in [-0.15, -0.1) is 0 Å². The molecule has 0 saturated heterocycles. The van der Waals surface area contributed by atoms with Crippen LogP contribution in [0.4, 0.5) is 4.39 Å². The van der Waals surface area contributed by atoms with Crippen LogP contribution in [-0.4, -0.2) is 4.99 Å². The molecule has 2 aromatic carbocycles. The maximum atomic E-state index is 13.2. The van der Waals surface area contributed by atoms with Crippen LogP contribution in [0, 0.1) is 5.82 Å². The molecule has 0 bridgehead atoms. The van der Waals surface area contributed by atoms with E-state index in [0.29, 0.717) is 5.56 Å². The first kappa shape index (κ1) is 14.0. The van der Waals surface area contributed by atoms with Crippen molar-refractivity contribution in [2.24, 2.45) is 5.73 Å². The first-order valence-corrected chi connectivity index (χ1v) is 6.73. The van der Waals surface area contributed by atoms with Crippen LogP contribution >= 0.6 is 28.1 Å². The van der Waals surface area contributed by atoms with Crippen LogP contribution in [0.15, 0.2) is 46.9 Å². The summed E-state index contributed by atoms with van der Waals surface area (Å²) in [5, 5.41) is 0. The normalized spacial score (nSPS) is 10.2. The van der Waals surface area contributed by atoms with E-state index in [1.54, 1.807) is 6.07 Å². The second-order valence-corrected chi connectivity index (χ2v) is 5.26. The van der Waals surface area contributed by atoms with Gasteiger partial charge in [0.1, 0.15) is 23.2 Å². The van der Waals surface area contributed by atoms with Crippen LogP contribution in [-0.2, 0) is 6.61 Å². The van der Waals surface area contributed by atoms with Gasteiger partial charge in [0.05, 0.1) is 0 Å². The van der Waals surface area contributed by atoms with Crippen LogP contribution < -0.4 is 10.5 Å². The van der Waals surface area contributed by atoms with Gasteiger partial charge in [0, 0.05) is 10.0 Å². The van der Waals surface area contributed by atoms with Crippen molar-refractivity contribution in [3.63, 3.8) is 0 Å². The summed E-state index contributed by atoms with van der Waals surface area (Å²) in [4.78, 5) is 0.161. The molecular weight excluding hydrogens is 329 g/mol. The number of rotatable bonds is 4. The quantitative estimate of drug-likeness (QED) is 0.860. The van der Waals surface area contributed by atoms with Crippen LogP contribution in [0.2, 0.25) is 0 Å². The molecule has 19 heavy (non-hydrogen) atoms. The van der Waals surface area contributed by atoms with Crippen molar-refractivity contribution in [3.8, 4) is 5.75 Å². The molecule has 0 aliphatic heterocycles. The highest BCUT2D eigenvalue weighted by Gasteiger charge is 2.07. The van der Waals surface area contributed by atoms with Crippen LogP contribution in [0.1, 0.15) is 11.1 Å². The summed E-state index contributed by atoms with van der Waals surface area (Å²) in [6.07, 6.45) is 0. The summed E-state index contributed by atoms with van der Waals surface area (Å²) in [7, 11) is 0. The van der Waals surface area contributed by atoms with Gasteiger partial charge in [-0.25, -0.2) is 4.39 Å². The topological polar surface area (TPSA) is 35.2 Å². The van der Waals surface area contributed by atoms with Crippen LogP contribution in [0.3, 0.4) is 0 Å². The Balaban J connectivity index is 2.15. The average Bonchev–Trinajstić information content (AvgIpc) is 2.39. The molecule has 0 radical (unpaired) electrons. The van der Waals surface area contributed by atoms with Crippen LogP contribution in [0.25, 0.3) is 0 Å². The maximum Gasteiger partial charge on any atom is 0.123 e. The Morgan fingerprint density at radius 3 is 2.53 bits per heavy atom. The van der Waals surface area contributed by atoms with E-state index in [1.165, 1.54) is 12.1 Å². The third-order valence-electron chi connectivity index (χ3n) is 2.55. The SMILES string of the molecule is NC(=S)c1cc(F)ccc1COc1ccc(Br)cc1. The van der Waals surface area contributed by atoms with E-state index in [4.69, 9.17) is 22.7 Å². The summed E-state index contributed by atoms with van der Waals surface area (Å²) < 4.78 is 19.8. The van der Waals surface area contributed by atoms with Crippen molar-refractivity contribution >= 4 is 33.1 Å².